The lowest BCUT2D eigenvalue weighted by molar-refractivity contribution is 0.403. The first-order valence-electron chi connectivity index (χ1n) is 6.15. The number of nitrogens with zero attached hydrogens (tertiary/aromatic N) is 1. The van der Waals surface area contributed by atoms with Gasteiger partial charge in [0.15, 0.2) is 17.1 Å². The molecule has 0 atom stereocenters. The van der Waals surface area contributed by atoms with Crippen LogP contribution in [0.25, 0.3) is 11.1 Å². The number of benzene rings is 2. The van der Waals surface area contributed by atoms with Crippen LogP contribution in [0.5, 0.6) is 11.5 Å². The molecule has 0 aliphatic rings. The highest BCUT2D eigenvalue weighted by Gasteiger charge is 2.10. The van der Waals surface area contributed by atoms with Gasteiger partial charge in [0.1, 0.15) is 0 Å². The van der Waals surface area contributed by atoms with E-state index in [1.165, 1.54) is 16.7 Å². The zero-order chi connectivity index (χ0) is 14.3. The monoisotopic (exact) mass is 271 g/mol. The van der Waals surface area contributed by atoms with E-state index >= 15 is 0 Å². The normalized spacial score (nSPS) is 11.1. The predicted molar refractivity (Wildman–Crippen MR) is 74.1 cm³/mol. The van der Waals surface area contributed by atoms with Crippen LogP contribution in [0.3, 0.4) is 0 Å². The number of phenols is 2. The van der Waals surface area contributed by atoms with Crippen LogP contribution in [-0.4, -0.2) is 14.8 Å². The minimum atomic E-state index is -0.446. The number of aromatic nitrogens is 1. The summed E-state index contributed by atoms with van der Waals surface area (Å²) in [7, 11) is 0. The highest BCUT2D eigenvalue weighted by Crippen LogP contribution is 2.25. The van der Waals surface area contributed by atoms with Crippen molar-refractivity contribution in [2.45, 2.75) is 13.5 Å². The summed E-state index contributed by atoms with van der Waals surface area (Å²) < 4.78 is 6.67. The number of hydrogen-bond donors (Lipinski definition) is 2. The lowest BCUT2D eigenvalue weighted by Gasteiger charge is -2.05. The molecule has 1 aromatic heterocycles. The van der Waals surface area contributed by atoms with Crippen molar-refractivity contribution in [3.63, 3.8) is 0 Å². The fourth-order valence-electron chi connectivity index (χ4n) is 2.17. The maximum atomic E-state index is 11.9. The van der Waals surface area contributed by atoms with Crippen LogP contribution < -0.4 is 5.76 Å². The van der Waals surface area contributed by atoms with E-state index < -0.39 is 5.76 Å². The van der Waals surface area contributed by atoms with Crippen LogP contribution in [0.15, 0.2) is 45.6 Å². The third-order valence-corrected chi connectivity index (χ3v) is 3.20. The zero-order valence-electron chi connectivity index (χ0n) is 10.8. The Labute approximate surface area is 114 Å². The fraction of sp³-hybridized carbons (Fsp3) is 0.133. The van der Waals surface area contributed by atoms with Crippen molar-refractivity contribution >= 4 is 11.1 Å². The van der Waals surface area contributed by atoms with Gasteiger partial charge in [-0.2, -0.15) is 0 Å². The maximum absolute atomic E-state index is 11.9. The Bertz CT molecular complexity index is 845. The van der Waals surface area contributed by atoms with Gasteiger partial charge in [0.05, 0.1) is 12.1 Å². The molecule has 2 N–H and O–H groups in total. The molecule has 0 amide bonds. The van der Waals surface area contributed by atoms with Crippen LogP contribution in [0.4, 0.5) is 0 Å². The molecule has 0 saturated carbocycles. The molecule has 1 heterocycles. The average Bonchev–Trinajstić information content (AvgIpc) is 2.70. The van der Waals surface area contributed by atoms with Crippen molar-refractivity contribution in [1.29, 1.82) is 0 Å². The minimum absolute atomic E-state index is 0.186. The number of fused-ring (bicyclic) bond motifs is 1. The largest absolute Gasteiger partial charge is 0.504 e. The standard InChI is InChI=1S/C15H13NO4/c1-9-2-5-14-11(6-9)16(15(19)20-14)8-10-3-4-12(17)13(18)7-10/h2-7,17-18H,8H2,1H3. The van der Waals surface area contributed by atoms with Crippen LogP contribution in [0.1, 0.15) is 11.1 Å². The number of oxazole rings is 1. The quantitative estimate of drug-likeness (QED) is 0.701. The number of rotatable bonds is 2. The molecule has 0 aliphatic carbocycles. The summed E-state index contributed by atoms with van der Waals surface area (Å²) in [5.74, 6) is -0.841. The van der Waals surface area contributed by atoms with Gasteiger partial charge in [0, 0.05) is 0 Å². The minimum Gasteiger partial charge on any atom is -0.504 e. The van der Waals surface area contributed by atoms with E-state index in [9.17, 15) is 15.0 Å². The molecule has 20 heavy (non-hydrogen) atoms. The Morgan fingerprint density at radius 2 is 1.90 bits per heavy atom. The highest BCUT2D eigenvalue weighted by atomic mass is 16.4. The first kappa shape index (κ1) is 12.3. The van der Waals surface area contributed by atoms with Gasteiger partial charge >= 0.3 is 5.76 Å². The van der Waals surface area contributed by atoms with E-state index in [1.54, 1.807) is 12.1 Å². The lowest BCUT2D eigenvalue weighted by Crippen LogP contribution is -2.14. The van der Waals surface area contributed by atoms with Crippen LogP contribution in [-0.2, 0) is 6.54 Å². The fourth-order valence-corrected chi connectivity index (χ4v) is 2.17. The van der Waals surface area contributed by atoms with Gasteiger partial charge in [0.2, 0.25) is 0 Å². The molecule has 2 aromatic carbocycles. The molecular weight excluding hydrogens is 258 g/mol. The van der Waals surface area contributed by atoms with Gasteiger partial charge in [-0.3, -0.25) is 4.57 Å². The second-order valence-electron chi connectivity index (χ2n) is 4.75. The van der Waals surface area contributed by atoms with Crippen molar-refractivity contribution in [3.8, 4) is 11.5 Å². The lowest BCUT2D eigenvalue weighted by atomic mass is 10.2. The smallest absolute Gasteiger partial charge is 0.420 e. The molecule has 5 heteroatoms. The topological polar surface area (TPSA) is 75.6 Å². The third-order valence-electron chi connectivity index (χ3n) is 3.20. The van der Waals surface area contributed by atoms with E-state index in [0.29, 0.717) is 16.7 Å². The SMILES string of the molecule is Cc1ccc2oc(=O)n(Cc3ccc(O)c(O)c3)c2c1. The molecule has 102 valence electrons. The van der Waals surface area contributed by atoms with Gasteiger partial charge in [-0.05, 0) is 42.3 Å². The predicted octanol–water partition coefficient (Wildman–Crippen LogP) is 2.36. The molecule has 3 rings (SSSR count). The summed E-state index contributed by atoms with van der Waals surface area (Å²) in [4.78, 5) is 11.9. The highest BCUT2D eigenvalue weighted by molar-refractivity contribution is 5.73. The van der Waals surface area contributed by atoms with Crippen molar-refractivity contribution in [2.75, 3.05) is 0 Å². The molecule has 0 spiro atoms. The Morgan fingerprint density at radius 3 is 2.65 bits per heavy atom. The third kappa shape index (κ3) is 2.03. The van der Waals surface area contributed by atoms with Crippen LogP contribution in [0, 0.1) is 6.92 Å². The van der Waals surface area contributed by atoms with Crippen molar-refractivity contribution < 1.29 is 14.6 Å². The summed E-state index contributed by atoms with van der Waals surface area (Å²) >= 11 is 0. The second kappa shape index (κ2) is 4.45. The summed E-state index contributed by atoms with van der Waals surface area (Å²) in [6.07, 6.45) is 0. The number of aromatic hydroxyl groups is 2. The molecule has 0 radical (unpaired) electrons. The van der Waals surface area contributed by atoms with Crippen LogP contribution in [0.2, 0.25) is 0 Å². The van der Waals surface area contributed by atoms with Gasteiger partial charge < -0.3 is 14.6 Å². The van der Waals surface area contributed by atoms with E-state index in [1.807, 2.05) is 19.1 Å². The Hall–Kier alpha value is -2.69. The first-order valence-corrected chi connectivity index (χ1v) is 6.15. The average molecular weight is 271 g/mol. The van der Waals surface area contributed by atoms with E-state index in [0.717, 1.165) is 5.56 Å². The molecule has 0 aliphatic heterocycles. The molecule has 0 fully saturated rings. The molecule has 3 aromatic rings. The molecule has 0 unspecified atom stereocenters. The molecule has 0 saturated heterocycles. The Morgan fingerprint density at radius 1 is 1.10 bits per heavy atom. The van der Waals surface area contributed by atoms with Crippen LogP contribution >= 0.6 is 0 Å². The Kier molecular flexibility index (Phi) is 2.75. The number of aryl methyl sites for hydroxylation is 1. The Balaban J connectivity index is 2.10. The van der Waals surface area contributed by atoms with E-state index in [-0.39, 0.29) is 18.0 Å². The van der Waals surface area contributed by atoms with Crippen molar-refractivity contribution in [3.05, 3.63) is 58.1 Å². The summed E-state index contributed by atoms with van der Waals surface area (Å²) in [5.41, 5.74) is 2.97. The first-order chi connectivity index (χ1) is 9.54. The molecule has 5 nitrogen and oxygen atoms in total. The second-order valence-corrected chi connectivity index (χ2v) is 4.75. The number of phenolic OH excluding ortho intramolecular Hbond substituents is 2. The summed E-state index contributed by atoms with van der Waals surface area (Å²) in [6, 6.07) is 9.98. The maximum Gasteiger partial charge on any atom is 0.420 e. The molecule has 0 bridgehead atoms. The van der Waals surface area contributed by atoms with E-state index in [2.05, 4.69) is 0 Å². The molecular formula is C15H13NO4. The van der Waals surface area contributed by atoms with E-state index in [4.69, 9.17) is 4.42 Å². The van der Waals surface area contributed by atoms with Gasteiger partial charge in [-0.25, -0.2) is 4.79 Å². The van der Waals surface area contributed by atoms with Gasteiger partial charge in [0.25, 0.3) is 0 Å². The summed E-state index contributed by atoms with van der Waals surface area (Å²) in [6.45, 7) is 2.21. The van der Waals surface area contributed by atoms with Crippen molar-refractivity contribution in [2.24, 2.45) is 0 Å². The van der Waals surface area contributed by atoms with Crippen molar-refractivity contribution in [1.82, 2.24) is 4.57 Å². The summed E-state index contributed by atoms with van der Waals surface area (Å²) in [5, 5.41) is 18.8. The van der Waals surface area contributed by atoms with Gasteiger partial charge in [-0.1, -0.05) is 12.1 Å². The van der Waals surface area contributed by atoms with Gasteiger partial charge in [-0.15, -0.1) is 0 Å². The number of hydrogen-bond acceptors (Lipinski definition) is 4. The zero-order valence-corrected chi connectivity index (χ0v) is 10.8.